The Labute approximate surface area is 175 Å². The zero-order chi connectivity index (χ0) is 22.0. The van der Waals surface area contributed by atoms with Crippen LogP contribution in [0.15, 0.2) is 50.7 Å². The molecular weight excluding hydrogens is 380 g/mol. The first-order valence-electron chi connectivity index (χ1n) is 9.98. The number of hydrogen-bond acceptors (Lipinski definition) is 5. The second-order valence-corrected chi connectivity index (χ2v) is 7.99. The van der Waals surface area contributed by atoms with Gasteiger partial charge in [-0.1, -0.05) is 23.3 Å². The van der Waals surface area contributed by atoms with Crippen molar-refractivity contribution >= 4 is 21.9 Å². The summed E-state index contributed by atoms with van der Waals surface area (Å²) in [5.41, 5.74) is 4.31. The highest BCUT2D eigenvalue weighted by Crippen LogP contribution is 2.35. The van der Waals surface area contributed by atoms with Gasteiger partial charge in [-0.05, 0) is 70.4 Å². The van der Waals surface area contributed by atoms with E-state index in [1.807, 2.05) is 46.8 Å². The summed E-state index contributed by atoms with van der Waals surface area (Å²) in [5.74, 6) is 0.381. The molecule has 0 aliphatic carbocycles. The molecule has 1 heterocycles. The fourth-order valence-electron chi connectivity index (χ4n) is 3.45. The Hall–Kier alpha value is -3.05. The molecule has 0 fully saturated rings. The summed E-state index contributed by atoms with van der Waals surface area (Å²) in [6.07, 6.45) is 4.43. The zero-order valence-corrected chi connectivity index (χ0v) is 18.1. The van der Waals surface area contributed by atoms with E-state index in [0.717, 1.165) is 16.7 Å². The van der Waals surface area contributed by atoms with E-state index in [0.29, 0.717) is 41.1 Å². The number of aliphatic hydroxyl groups excluding tert-OH is 1. The highest BCUT2D eigenvalue weighted by molar-refractivity contribution is 5.96. The molecule has 0 radical (unpaired) electrons. The van der Waals surface area contributed by atoms with Gasteiger partial charge in [0.05, 0.1) is 12.0 Å². The molecule has 2 N–H and O–H groups in total. The van der Waals surface area contributed by atoms with Gasteiger partial charge < -0.3 is 19.4 Å². The van der Waals surface area contributed by atoms with Crippen molar-refractivity contribution in [3.05, 3.63) is 68.4 Å². The minimum Gasteiger partial charge on any atom is -0.507 e. The SMILES string of the molecule is CC(C)=CCOc1c(C)cc2oc3ccc(CC=C(C)C)c(O)c3c(=O)c2c1CO. The van der Waals surface area contributed by atoms with Gasteiger partial charge in [-0.3, -0.25) is 4.79 Å². The summed E-state index contributed by atoms with van der Waals surface area (Å²) in [7, 11) is 0. The van der Waals surface area contributed by atoms with E-state index in [9.17, 15) is 15.0 Å². The molecule has 0 aliphatic rings. The predicted octanol–water partition coefficient (Wildman–Crippen LogP) is 5.31. The summed E-state index contributed by atoms with van der Waals surface area (Å²) in [6, 6.07) is 5.21. The lowest BCUT2D eigenvalue weighted by Gasteiger charge is -2.15. The molecule has 158 valence electrons. The number of fused-ring (bicyclic) bond motifs is 2. The van der Waals surface area contributed by atoms with Crippen molar-refractivity contribution in [2.45, 2.75) is 47.6 Å². The van der Waals surface area contributed by atoms with Crippen LogP contribution in [0.1, 0.15) is 44.4 Å². The maximum atomic E-state index is 13.4. The van der Waals surface area contributed by atoms with Gasteiger partial charge in [0.2, 0.25) is 5.43 Å². The number of rotatable bonds is 6. The summed E-state index contributed by atoms with van der Waals surface area (Å²) < 4.78 is 11.8. The summed E-state index contributed by atoms with van der Waals surface area (Å²) in [4.78, 5) is 13.4. The van der Waals surface area contributed by atoms with E-state index in [2.05, 4.69) is 0 Å². The largest absolute Gasteiger partial charge is 0.507 e. The number of aromatic hydroxyl groups is 1. The third kappa shape index (κ3) is 4.12. The number of phenolic OH excluding ortho intramolecular Hbond substituents is 1. The molecule has 3 aromatic rings. The molecule has 0 atom stereocenters. The molecular formula is C25H28O5. The van der Waals surface area contributed by atoms with Gasteiger partial charge in [-0.2, -0.15) is 0 Å². The van der Waals surface area contributed by atoms with Crippen LogP contribution >= 0.6 is 0 Å². The van der Waals surface area contributed by atoms with Gasteiger partial charge >= 0.3 is 0 Å². The van der Waals surface area contributed by atoms with E-state index in [1.165, 1.54) is 0 Å². The Balaban J connectivity index is 2.29. The first-order chi connectivity index (χ1) is 14.2. The Morgan fingerprint density at radius 2 is 1.77 bits per heavy atom. The Morgan fingerprint density at radius 1 is 1.07 bits per heavy atom. The average Bonchev–Trinajstić information content (AvgIpc) is 2.67. The van der Waals surface area contributed by atoms with Gasteiger partial charge in [0.1, 0.15) is 34.7 Å². The lowest BCUT2D eigenvalue weighted by Crippen LogP contribution is -2.09. The summed E-state index contributed by atoms with van der Waals surface area (Å²) in [6.45, 7) is 9.70. The molecule has 0 amide bonds. The molecule has 5 nitrogen and oxygen atoms in total. The van der Waals surface area contributed by atoms with Crippen LogP contribution in [0.2, 0.25) is 0 Å². The quantitative estimate of drug-likeness (QED) is 0.427. The second-order valence-electron chi connectivity index (χ2n) is 7.99. The van der Waals surface area contributed by atoms with Crippen LogP contribution in [0, 0.1) is 6.92 Å². The van der Waals surface area contributed by atoms with Crippen molar-refractivity contribution in [1.29, 1.82) is 0 Å². The molecule has 30 heavy (non-hydrogen) atoms. The van der Waals surface area contributed by atoms with Crippen molar-refractivity contribution in [1.82, 2.24) is 0 Å². The first-order valence-corrected chi connectivity index (χ1v) is 9.98. The van der Waals surface area contributed by atoms with Gasteiger partial charge in [0, 0.05) is 5.56 Å². The van der Waals surface area contributed by atoms with Crippen molar-refractivity contribution in [2.24, 2.45) is 0 Å². The Bertz CT molecular complexity index is 1220. The lowest BCUT2D eigenvalue weighted by molar-refractivity contribution is 0.271. The Kier molecular flexibility index (Phi) is 6.32. The molecule has 0 saturated heterocycles. The van der Waals surface area contributed by atoms with Crippen LogP contribution in [-0.2, 0) is 13.0 Å². The fraction of sp³-hybridized carbons (Fsp3) is 0.320. The smallest absolute Gasteiger partial charge is 0.204 e. The van der Waals surface area contributed by atoms with Gasteiger partial charge in [0.25, 0.3) is 0 Å². The van der Waals surface area contributed by atoms with Crippen LogP contribution in [-0.4, -0.2) is 16.8 Å². The number of hydrogen-bond donors (Lipinski definition) is 2. The molecule has 0 saturated carbocycles. The molecule has 1 aromatic heterocycles. The highest BCUT2D eigenvalue weighted by Gasteiger charge is 2.20. The number of ether oxygens (including phenoxy) is 1. The predicted molar refractivity (Wildman–Crippen MR) is 120 cm³/mol. The van der Waals surface area contributed by atoms with Crippen LogP contribution < -0.4 is 10.2 Å². The zero-order valence-electron chi connectivity index (χ0n) is 18.1. The van der Waals surface area contributed by atoms with Gasteiger partial charge in [-0.15, -0.1) is 0 Å². The maximum absolute atomic E-state index is 13.4. The number of allylic oxidation sites excluding steroid dienone is 3. The molecule has 5 heteroatoms. The fourth-order valence-corrected chi connectivity index (χ4v) is 3.45. The summed E-state index contributed by atoms with van der Waals surface area (Å²) >= 11 is 0. The molecule has 3 rings (SSSR count). The van der Waals surface area contributed by atoms with E-state index >= 15 is 0 Å². The highest BCUT2D eigenvalue weighted by atomic mass is 16.5. The van der Waals surface area contributed by atoms with Crippen LogP contribution in [0.5, 0.6) is 11.5 Å². The normalized spacial score (nSPS) is 11.0. The molecule has 0 unspecified atom stereocenters. The first kappa shape index (κ1) is 21.7. The van der Waals surface area contributed by atoms with Crippen LogP contribution in [0.25, 0.3) is 21.9 Å². The molecule has 2 aromatic carbocycles. The van der Waals surface area contributed by atoms with Crippen LogP contribution in [0.4, 0.5) is 0 Å². The maximum Gasteiger partial charge on any atom is 0.204 e. The van der Waals surface area contributed by atoms with Crippen molar-refractivity contribution in [3.63, 3.8) is 0 Å². The van der Waals surface area contributed by atoms with Crippen molar-refractivity contribution in [3.8, 4) is 11.5 Å². The van der Waals surface area contributed by atoms with E-state index in [-0.39, 0.29) is 28.6 Å². The number of aliphatic hydroxyl groups is 1. The molecule has 0 spiro atoms. The van der Waals surface area contributed by atoms with Crippen molar-refractivity contribution < 1.29 is 19.4 Å². The van der Waals surface area contributed by atoms with Crippen molar-refractivity contribution in [2.75, 3.05) is 6.61 Å². The minimum absolute atomic E-state index is 0.0860. The minimum atomic E-state index is -0.378. The monoisotopic (exact) mass is 408 g/mol. The average molecular weight is 408 g/mol. The topological polar surface area (TPSA) is 79.9 Å². The van der Waals surface area contributed by atoms with Gasteiger partial charge in [0.15, 0.2) is 0 Å². The third-order valence-corrected chi connectivity index (χ3v) is 5.03. The number of benzene rings is 2. The van der Waals surface area contributed by atoms with E-state index in [4.69, 9.17) is 9.15 Å². The lowest BCUT2D eigenvalue weighted by atomic mass is 10.00. The number of phenols is 1. The van der Waals surface area contributed by atoms with Gasteiger partial charge in [-0.25, -0.2) is 0 Å². The molecule has 0 aliphatic heterocycles. The number of aryl methyl sites for hydroxylation is 1. The Morgan fingerprint density at radius 3 is 2.40 bits per heavy atom. The van der Waals surface area contributed by atoms with Crippen LogP contribution in [0.3, 0.4) is 0 Å². The summed E-state index contributed by atoms with van der Waals surface area (Å²) in [5, 5.41) is 21.2. The second kappa shape index (κ2) is 8.76. The van der Waals surface area contributed by atoms with E-state index in [1.54, 1.807) is 18.2 Å². The third-order valence-electron chi connectivity index (χ3n) is 5.03. The standard InChI is InChI=1S/C25H28O5/c1-14(2)6-7-17-8-9-19-22(23(17)27)24(28)21-18(13-26)25(29-11-10-15(3)4)16(5)12-20(21)30-19/h6,8-10,12,26-27H,7,11,13H2,1-5H3. The van der Waals surface area contributed by atoms with E-state index < -0.39 is 0 Å². The molecule has 0 bridgehead atoms.